The van der Waals surface area contributed by atoms with Crippen LogP contribution in [0.15, 0.2) is 28.8 Å². The highest BCUT2D eigenvalue weighted by molar-refractivity contribution is 5.86. The number of nitrogens with one attached hydrogen (secondary N) is 2. The molecule has 1 aromatic heterocycles. The van der Waals surface area contributed by atoms with Gasteiger partial charge in [0.15, 0.2) is 5.58 Å². The van der Waals surface area contributed by atoms with Gasteiger partial charge in [0.05, 0.1) is 6.42 Å². The van der Waals surface area contributed by atoms with E-state index in [2.05, 4.69) is 15.8 Å². The molecular formula is C13H16ClN3O2. The van der Waals surface area contributed by atoms with Crippen molar-refractivity contribution >= 4 is 29.3 Å². The molecule has 2 heterocycles. The summed E-state index contributed by atoms with van der Waals surface area (Å²) in [6, 6.07) is 7.83. The minimum absolute atomic E-state index is 0. The Morgan fingerprint density at radius 3 is 3.11 bits per heavy atom. The summed E-state index contributed by atoms with van der Waals surface area (Å²) in [5.41, 5.74) is 1.43. The SMILES string of the molecule is Cl.O=C(Cc1noc2ccccc12)NC1CCNC1. The highest BCUT2D eigenvalue weighted by Gasteiger charge is 2.18. The summed E-state index contributed by atoms with van der Waals surface area (Å²) in [6.45, 7) is 1.82. The molecule has 2 aromatic rings. The van der Waals surface area contributed by atoms with Crippen molar-refractivity contribution in [2.75, 3.05) is 13.1 Å². The largest absolute Gasteiger partial charge is 0.356 e. The molecule has 0 spiro atoms. The molecule has 19 heavy (non-hydrogen) atoms. The van der Waals surface area contributed by atoms with Crippen LogP contribution < -0.4 is 10.6 Å². The number of amides is 1. The Balaban J connectivity index is 0.00000133. The van der Waals surface area contributed by atoms with Crippen LogP contribution in [0.1, 0.15) is 12.1 Å². The van der Waals surface area contributed by atoms with Crippen molar-refractivity contribution in [3.63, 3.8) is 0 Å². The van der Waals surface area contributed by atoms with Gasteiger partial charge in [-0.1, -0.05) is 17.3 Å². The van der Waals surface area contributed by atoms with Crippen LogP contribution in [0, 0.1) is 0 Å². The first-order valence-corrected chi connectivity index (χ1v) is 6.16. The van der Waals surface area contributed by atoms with Gasteiger partial charge < -0.3 is 15.2 Å². The van der Waals surface area contributed by atoms with Crippen LogP contribution >= 0.6 is 12.4 Å². The van der Waals surface area contributed by atoms with Gasteiger partial charge in [-0.05, 0) is 25.1 Å². The van der Waals surface area contributed by atoms with Crippen molar-refractivity contribution in [3.8, 4) is 0 Å². The molecule has 1 atom stereocenters. The Labute approximate surface area is 117 Å². The Morgan fingerprint density at radius 2 is 2.32 bits per heavy atom. The molecule has 3 rings (SSSR count). The average Bonchev–Trinajstić information content (AvgIpc) is 3.00. The highest BCUT2D eigenvalue weighted by atomic mass is 35.5. The van der Waals surface area contributed by atoms with Crippen molar-refractivity contribution in [2.24, 2.45) is 0 Å². The molecule has 0 bridgehead atoms. The standard InChI is InChI=1S/C13H15N3O2.ClH/c17-13(15-9-5-6-14-8-9)7-11-10-3-1-2-4-12(10)18-16-11;/h1-4,9,14H,5-8H2,(H,15,17);1H. The lowest BCUT2D eigenvalue weighted by atomic mass is 10.1. The number of hydrogen-bond acceptors (Lipinski definition) is 4. The van der Waals surface area contributed by atoms with Crippen LogP contribution in [-0.4, -0.2) is 30.2 Å². The molecule has 0 saturated carbocycles. The third-order valence-electron chi connectivity index (χ3n) is 3.21. The van der Waals surface area contributed by atoms with Crippen LogP contribution in [-0.2, 0) is 11.2 Å². The van der Waals surface area contributed by atoms with Crippen LogP contribution in [0.25, 0.3) is 11.0 Å². The lowest BCUT2D eigenvalue weighted by molar-refractivity contribution is -0.121. The smallest absolute Gasteiger partial charge is 0.226 e. The van der Waals surface area contributed by atoms with E-state index >= 15 is 0 Å². The number of carbonyl (C=O) groups is 1. The molecule has 1 fully saturated rings. The van der Waals surface area contributed by atoms with Crippen LogP contribution in [0.3, 0.4) is 0 Å². The third kappa shape index (κ3) is 3.05. The number of aromatic nitrogens is 1. The van der Waals surface area contributed by atoms with Crippen LogP contribution in [0.4, 0.5) is 0 Å². The highest BCUT2D eigenvalue weighted by Crippen LogP contribution is 2.18. The molecule has 1 aliphatic rings. The van der Waals surface area contributed by atoms with Crippen molar-refractivity contribution in [2.45, 2.75) is 18.9 Å². The molecule has 1 aliphatic heterocycles. The van der Waals surface area contributed by atoms with Gasteiger partial charge in [-0.2, -0.15) is 0 Å². The molecule has 1 aromatic carbocycles. The second-order valence-electron chi connectivity index (χ2n) is 4.56. The minimum Gasteiger partial charge on any atom is -0.356 e. The van der Waals surface area contributed by atoms with Crippen LogP contribution in [0.2, 0.25) is 0 Å². The van der Waals surface area contributed by atoms with Gasteiger partial charge in [0.2, 0.25) is 5.91 Å². The number of fused-ring (bicyclic) bond motifs is 1. The number of rotatable bonds is 3. The van der Waals surface area contributed by atoms with E-state index in [1.165, 1.54) is 0 Å². The van der Waals surface area contributed by atoms with E-state index in [-0.39, 0.29) is 30.8 Å². The first-order chi connectivity index (χ1) is 8.83. The number of carbonyl (C=O) groups excluding carboxylic acids is 1. The number of halogens is 1. The van der Waals surface area contributed by atoms with Gasteiger partial charge in [-0.15, -0.1) is 12.4 Å². The fraction of sp³-hybridized carbons (Fsp3) is 0.385. The van der Waals surface area contributed by atoms with E-state index in [0.717, 1.165) is 30.5 Å². The Bertz CT molecular complexity index is 564. The monoisotopic (exact) mass is 281 g/mol. The maximum atomic E-state index is 11.9. The number of para-hydroxylation sites is 1. The van der Waals surface area contributed by atoms with E-state index in [9.17, 15) is 4.79 Å². The van der Waals surface area contributed by atoms with Crippen LogP contribution in [0.5, 0.6) is 0 Å². The lowest BCUT2D eigenvalue weighted by Crippen LogP contribution is -2.37. The molecule has 1 saturated heterocycles. The molecular weight excluding hydrogens is 266 g/mol. The molecule has 0 radical (unpaired) electrons. The molecule has 1 unspecified atom stereocenters. The fourth-order valence-electron chi connectivity index (χ4n) is 2.27. The summed E-state index contributed by atoms with van der Waals surface area (Å²) >= 11 is 0. The summed E-state index contributed by atoms with van der Waals surface area (Å²) in [6.07, 6.45) is 1.26. The van der Waals surface area contributed by atoms with Crippen molar-refractivity contribution in [3.05, 3.63) is 30.0 Å². The number of benzene rings is 1. The van der Waals surface area contributed by atoms with Crippen molar-refractivity contribution in [1.29, 1.82) is 0 Å². The second-order valence-corrected chi connectivity index (χ2v) is 4.56. The van der Waals surface area contributed by atoms with Gasteiger partial charge in [-0.25, -0.2) is 0 Å². The maximum absolute atomic E-state index is 11.9. The summed E-state index contributed by atoms with van der Waals surface area (Å²) in [7, 11) is 0. The van der Waals surface area contributed by atoms with Gasteiger partial charge in [0.1, 0.15) is 5.69 Å². The van der Waals surface area contributed by atoms with Crippen molar-refractivity contribution < 1.29 is 9.32 Å². The Kier molecular flexibility index (Phi) is 4.39. The van der Waals surface area contributed by atoms with E-state index in [0.29, 0.717) is 5.69 Å². The maximum Gasteiger partial charge on any atom is 0.226 e. The van der Waals surface area contributed by atoms with E-state index in [1.54, 1.807) is 0 Å². The second kappa shape index (κ2) is 6.04. The summed E-state index contributed by atoms with van der Waals surface area (Å²) in [5.74, 6) is 0.00255. The summed E-state index contributed by atoms with van der Waals surface area (Å²) in [4.78, 5) is 11.9. The predicted octanol–water partition coefficient (Wildman–Crippen LogP) is 1.27. The quantitative estimate of drug-likeness (QED) is 0.889. The minimum atomic E-state index is 0. The zero-order valence-corrected chi connectivity index (χ0v) is 11.2. The topological polar surface area (TPSA) is 67.2 Å². The fourth-order valence-corrected chi connectivity index (χ4v) is 2.27. The first-order valence-electron chi connectivity index (χ1n) is 6.16. The van der Waals surface area contributed by atoms with E-state index < -0.39 is 0 Å². The summed E-state index contributed by atoms with van der Waals surface area (Å²) in [5, 5.41) is 11.1. The zero-order chi connectivity index (χ0) is 12.4. The molecule has 0 aliphatic carbocycles. The normalized spacial score (nSPS) is 18.2. The van der Waals surface area contributed by atoms with Gasteiger partial charge in [0, 0.05) is 18.0 Å². The molecule has 2 N–H and O–H groups in total. The number of nitrogens with zero attached hydrogens (tertiary/aromatic N) is 1. The van der Waals surface area contributed by atoms with E-state index in [1.807, 2.05) is 24.3 Å². The number of hydrogen-bond donors (Lipinski definition) is 2. The lowest BCUT2D eigenvalue weighted by Gasteiger charge is -2.10. The molecule has 1 amide bonds. The first kappa shape index (κ1) is 13.8. The molecule has 6 heteroatoms. The third-order valence-corrected chi connectivity index (χ3v) is 3.21. The van der Waals surface area contributed by atoms with Gasteiger partial charge in [0.25, 0.3) is 0 Å². The van der Waals surface area contributed by atoms with Crippen molar-refractivity contribution in [1.82, 2.24) is 15.8 Å². The average molecular weight is 282 g/mol. The predicted molar refractivity (Wildman–Crippen MR) is 74.4 cm³/mol. The molecule has 102 valence electrons. The summed E-state index contributed by atoms with van der Waals surface area (Å²) < 4.78 is 5.18. The zero-order valence-electron chi connectivity index (χ0n) is 10.4. The van der Waals surface area contributed by atoms with Gasteiger partial charge in [-0.3, -0.25) is 4.79 Å². The molecule has 5 nitrogen and oxygen atoms in total. The van der Waals surface area contributed by atoms with E-state index in [4.69, 9.17) is 4.52 Å². The van der Waals surface area contributed by atoms with Gasteiger partial charge >= 0.3 is 0 Å². The Morgan fingerprint density at radius 1 is 1.47 bits per heavy atom. The Hall–Kier alpha value is -1.59.